The largest absolute Gasteiger partial charge is 0.456 e. The molecule has 8 aromatic carbocycles. The summed E-state index contributed by atoms with van der Waals surface area (Å²) in [5, 5.41) is 7.07. The first-order valence-corrected chi connectivity index (χ1v) is 21.2. The Kier molecular flexibility index (Phi) is 8.20. The molecule has 3 aromatic heterocycles. The van der Waals surface area contributed by atoms with Gasteiger partial charge < -0.3 is 13.6 Å². The molecule has 0 saturated heterocycles. The summed E-state index contributed by atoms with van der Waals surface area (Å²) >= 11 is 0. The van der Waals surface area contributed by atoms with Gasteiger partial charge in [0.15, 0.2) is 5.84 Å². The number of aromatic nitrogens is 2. The van der Waals surface area contributed by atoms with Crippen LogP contribution in [0.2, 0.25) is 0 Å². The van der Waals surface area contributed by atoms with Crippen molar-refractivity contribution < 1.29 is 4.42 Å². The van der Waals surface area contributed by atoms with Crippen molar-refractivity contribution in [3.63, 3.8) is 0 Å². The monoisotopic (exact) mass is 784 g/mol. The molecule has 5 nitrogen and oxygen atoms in total. The van der Waals surface area contributed by atoms with E-state index < -0.39 is 0 Å². The summed E-state index contributed by atoms with van der Waals surface area (Å²) in [6.45, 7) is 2.26. The minimum Gasteiger partial charge on any atom is -0.456 e. The third-order valence-electron chi connectivity index (χ3n) is 12.5. The maximum Gasteiger partial charge on any atom is 0.160 e. The van der Waals surface area contributed by atoms with Crippen LogP contribution in [-0.4, -0.2) is 20.7 Å². The van der Waals surface area contributed by atoms with E-state index in [1.54, 1.807) is 0 Å². The molecule has 290 valence electrons. The number of nitrogens with zero attached hydrogens (tertiary/aromatic N) is 4. The fourth-order valence-corrected chi connectivity index (χ4v) is 9.49. The topological polar surface area (TPSA) is 47.7 Å². The molecule has 11 aromatic rings. The van der Waals surface area contributed by atoms with Gasteiger partial charge in [-0.15, -0.1) is 0 Å². The number of rotatable bonds is 6. The molecule has 1 aliphatic heterocycles. The van der Waals surface area contributed by atoms with Crippen LogP contribution in [0, 0.1) is 5.92 Å². The average molecular weight is 785 g/mol. The van der Waals surface area contributed by atoms with E-state index in [2.05, 4.69) is 198 Å². The van der Waals surface area contributed by atoms with E-state index in [-0.39, 0.29) is 5.92 Å². The van der Waals surface area contributed by atoms with Gasteiger partial charge in [-0.05, 0) is 72.4 Å². The van der Waals surface area contributed by atoms with E-state index >= 15 is 0 Å². The molecule has 1 aliphatic rings. The van der Waals surface area contributed by atoms with Gasteiger partial charge in [-0.3, -0.25) is 0 Å². The lowest BCUT2D eigenvalue weighted by molar-refractivity contribution is 0.655. The highest BCUT2D eigenvalue weighted by Gasteiger charge is 2.24. The van der Waals surface area contributed by atoms with Gasteiger partial charge in [-0.2, -0.15) is 0 Å². The highest BCUT2D eigenvalue weighted by atomic mass is 16.3. The Labute approximate surface area is 352 Å². The smallest absolute Gasteiger partial charge is 0.160 e. The summed E-state index contributed by atoms with van der Waals surface area (Å²) in [5.41, 5.74) is 13.8. The quantitative estimate of drug-likeness (QED) is 0.166. The molecule has 5 heteroatoms. The minimum atomic E-state index is 0.278. The summed E-state index contributed by atoms with van der Waals surface area (Å²) in [6.07, 6.45) is 4.14. The van der Waals surface area contributed by atoms with Crippen LogP contribution >= 0.6 is 0 Å². The fraction of sp³-hybridized carbons (Fsp3) is 0.0714. The van der Waals surface area contributed by atoms with Crippen LogP contribution in [0.25, 0.3) is 82.6 Å². The van der Waals surface area contributed by atoms with Crippen molar-refractivity contribution in [3.8, 4) is 11.4 Å². The van der Waals surface area contributed by atoms with Gasteiger partial charge in [0.2, 0.25) is 0 Å². The SMILES string of the molecule is CCC1/C=C(/c2ccccc2)N=C(c2ccccc2)N=C(c2ccc(-n3c4ccccc4c4ccc5c6cc7c(cc6n(-c6ccccc6)c5c43)oc3ccccc37)cc2)C1. The van der Waals surface area contributed by atoms with E-state index in [1.165, 1.54) is 27.1 Å². The molecule has 12 rings (SSSR count). The van der Waals surface area contributed by atoms with Gasteiger partial charge in [0.25, 0.3) is 0 Å². The molecular weight excluding hydrogens is 745 g/mol. The van der Waals surface area contributed by atoms with E-state index in [4.69, 9.17) is 14.4 Å². The van der Waals surface area contributed by atoms with E-state index in [9.17, 15) is 0 Å². The number of benzene rings is 8. The zero-order chi connectivity index (χ0) is 40.4. The van der Waals surface area contributed by atoms with Crippen molar-refractivity contribution in [3.05, 3.63) is 211 Å². The first kappa shape index (κ1) is 35.2. The highest BCUT2D eigenvalue weighted by Crippen LogP contribution is 2.44. The maximum atomic E-state index is 6.48. The van der Waals surface area contributed by atoms with Crippen LogP contribution in [0.15, 0.2) is 209 Å². The normalized spacial score (nSPS) is 15.6. The summed E-state index contributed by atoms with van der Waals surface area (Å²) in [7, 11) is 0. The number of hydrogen-bond donors (Lipinski definition) is 0. The summed E-state index contributed by atoms with van der Waals surface area (Å²) in [6, 6.07) is 66.9. The number of para-hydroxylation sites is 3. The second kappa shape index (κ2) is 14.2. The van der Waals surface area contributed by atoms with Gasteiger partial charge in [0, 0.05) is 55.3 Å². The Morgan fingerprint density at radius 2 is 1.08 bits per heavy atom. The number of furan rings is 1. The van der Waals surface area contributed by atoms with Crippen LogP contribution in [0.3, 0.4) is 0 Å². The van der Waals surface area contributed by atoms with Gasteiger partial charge in [0.1, 0.15) is 11.2 Å². The van der Waals surface area contributed by atoms with Crippen LogP contribution in [0.5, 0.6) is 0 Å². The number of fused-ring (bicyclic) bond motifs is 10. The van der Waals surface area contributed by atoms with E-state index in [1.807, 2.05) is 12.1 Å². The molecule has 0 saturated carbocycles. The Bertz CT molecular complexity index is 3570. The molecule has 0 spiro atoms. The molecule has 4 heterocycles. The number of amidine groups is 1. The van der Waals surface area contributed by atoms with Crippen LogP contribution < -0.4 is 0 Å². The number of hydrogen-bond acceptors (Lipinski definition) is 3. The Hall–Kier alpha value is -7.76. The van der Waals surface area contributed by atoms with E-state index in [0.717, 1.165) is 96.6 Å². The first-order chi connectivity index (χ1) is 30.2. The predicted molar refractivity (Wildman–Crippen MR) is 255 cm³/mol. The van der Waals surface area contributed by atoms with Gasteiger partial charge in [-0.25, -0.2) is 9.98 Å². The van der Waals surface area contributed by atoms with Crippen molar-refractivity contribution in [2.24, 2.45) is 15.9 Å². The molecule has 61 heavy (non-hydrogen) atoms. The average Bonchev–Trinajstić information content (AvgIpc) is 3.96. The zero-order valence-electron chi connectivity index (χ0n) is 33.7. The first-order valence-electron chi connectivity index (χ1n) is 21.2. The summed E-state index contributed by atoms with van der Waals surface area (Å²) in [5.74, 6) is 1.00. The molecule has 0 bridgehead atoms. The molecular formula is C56H40N4O. The van der Waals surface area contributed by atoms with Crippen molar-refractivity contribution in [2.75, 3.05) is 0 Å². The fourth-order valence-electron chi connectivity index (χ4n) is 9.49. The summed E-state index contributed by atoms with van der Waals surface area (Å²) < 4.78 is 11.4. The lowest BCUT2D eigenvalue weighted by atomic mass is 9.92. The van der Waals surface area contributed by atoms with Crippen molar-refractivity contribution in [1.29, 1.82) is 0 Å². The van der Waals surface area contributed by atoms with Crippen molar-refractivity contribution >= 4 is 82.8 Å². The Balaban J connectivity index is 1.07. The third kappa shape index (κ3) is 5.76. The summed E-state index contributed by atoms with van der Waals surface area (Å²) in [4.78, 5) is 10.7. The van der Waals surface area contributed by atoms with Gasteiger partial charge in [-0.1, -0.05) is 153 Å². The molecule has 0 radical (unpaired) electrons. The molecule has 0 aliphatic carbocycles. The molecule has 0 fully saturated rings. The second-order valence-corrected chi connectivity index (χ2v) is 16.0. The predicted octanol–water partition coefficient (Wildman–Crippen LogP) is 14.5. The lowest BCUT2D eigenvalue weighted by Crippen LogP contribution is -2.14. The Morgan fingerprint density at radius 3 is 1.82 bits per heavy atom. The highest BCUT2D eigenvalue weighted by molar-refractivity contribution is 6.26. The van der Waals surface area contributed by atoms with Crippen molar-refractivity contribution in [1.82, 2.24) is 9.13 Å². The second-order valence-electron chi connectivity index (χ2n) is 16.0. The van der Waals surface area contributed by atoms with Crippen molar-refractivity contribution in [2.45, 2.75) is 19.8 Å². The maximum absolute atomic E-state index is 6.48. The Morgan fingerprint density at radius 1 is 0.475 bits per heavy atom. The molecule has 1 unspecified atom stereocenters. The molecule has 1 atom stereocenters. The minimum absolute atomic E-state index is 0.278. The van der Waals surface area contributed by atoms with Crippen LogP contribution in [-0.2, 0) is 0 Å². The molecule has 0 amide bonds. The molecule has 0 N–H and O–H groups in total. The third-order valence-corrected chi connectivity index (χ3v) is 12.5. The lowest BCUT2D eigenvalue weighted by Gasteiger charge is -2.19. The van der Waals surface area contributed by atoms with E-state index in [0.29, 0.717) is 0 Å². The standard InChI is InChI=1S/C56H40N4O/c1-2-36-32-48(37-16-6-3-7-17-37)57-56(39-18-8-4-9-19-39)58-49(33-36)38-26-28-41(29-27-38)59-50-24-14-12-22-42(50)44-30-31-45-46-34-47-43-23-13-15-25-52(43)61-53(47)35-51(46)60(55(45)54(44)59)40-20-10-5-11-21-40/h3-32,34-36H,2,33H2,1H3/b48-32-,57-56?,58-49?. The number of aliphatic imine (C=N–C) groups is 2. The van der Waals surface area contributed by atoms with Gasteiger partial charge in [0.05, 0.1) is 33.5 Å². The van der Waals surface area contributed by atoms with Crippen LogP contribution in [0.1, 0.15) is 36.5 Å². The van der Waals surface area contributed by atoms with Gasteiger partial charge >= 0.3 is 0 Å². The van der Waals surface area contributed by atoms with Crippen LogP contribution in [0.4, 0.5) is 0 Å². The zero-order valence-corrected chi connectivity index (χ0v) is 33.7. The number of allylic oxidation sites excluding steroid dienone is 1.